The van der Waals surface area contributed by atoms with Gasteiger partial charge in [0.15, 0.2) is 0 Å². The van der Waals surface area contributed by atoms with Crippen molar-refractivity contribution in [3.63, 3.8) is 0 Å². The standard InChI is InChI=1S/C19H29N7/c1-14-4-3-5-21-17(14)12-25-6-8-26(9-7-25)13-18-22-23-19(24(18)2)15-10-16(20)11-15/h3-5,15-16H,6-13,20H2,1-2H3. The van der Waals surface area contributed by atoms with Gasteiger partial charge in [-0.2, -0.15) is 0 Å². The number of aromatic nitrogens is 4. The zero-order chi connectivity index (χ0) is 18.1. The maximum Gasteiger partial charge on any atom is 0.146 e. The summed E-state index contributed by atoms with van der Waals surface area (Å²) in [5, 5.41) is 8.87. The molecular formula is C19H29N7. The largest absolute Gasteiger partial charge is 0.328 e. The molecule has 26 heavy (non-hydrogen) atoms. The minimum absolute atomic E-state index is 0.343. The van der Waals surface area contributed by atoms with Crippen molar-refractivity contribution >= 4 is 0 Å². The monoisotopic (exact) mass is 355 g/mol. The second-order valence-electron chi connectivity index (χ2n) is 7.78. The van der Waals surface area contributed by atoms with E-state index in [1.54, 1.807) is 0 Å². The molecule has 4 rings (SSSR count). The predicted octanol–water partition coefficient (Wildman–Crippen LogP) is 1.04. The van der Waals surface area contributed by atoms with Gasteiger partial charge in [0.25, 0.3) is 0 Å². The van der Waals surface area contributed by atoms with Crippen molar-refractivity contribution in [2.24, 2.45) is 12.8 Å². The molecule has 1 saturated heterocycles. The molecule has 0 spiro atoms. The summed E-state index contributed by atoms with van der Waals surface area (Å²) in [6.45, 7) is 8.20. The summed E-state index contributed by atoms with van der Waals surface area (Å²) in [6, 6.07) is 4.48. The molecule has 2 aromatic rings. The van der Waals surface area contributed by atoms with Gasteiger partial charge in [0.2, 0.25) is 0 Å². The van der Waals surface area contributed by atoms with E-state index in [1.165, 1.54) is 11.3 Å². The summed E-state index contributed by atoms with van der Waals surface area (Å²) in [4.78, 5) is 9.49. The highest BCUT2D eigenvalue weighted by Gasteiger charge is 2.31. The van der Waals surface area contributed by atoms with Crippen molar-refractivity contribution < 1.29 is 0 Å². The fourth-order valence-electron chi connectivity index (χ4n) is 3.94. The highest BCUT2D eigenvalue weighted by atomic mass is 15.3. The zero-order valence-electron chi connectivity index (χ0n) is 15.8. The lowest BCUT2D eigenvalue weighted by Gasteiger charge is -2.34. The van der Waals surface area contributed by atoms with Crippen LogP contribution in [-0.4, -0.2) is 61.8 Å². The Balaban J connectivity index is 1.30. The zero-order valence-corrected chi connectivity index (χ0v) is 15.8. The molecule has 7 nitrogen and oxygen atoms in total. The van der Waals surface area contributed by atoms with Crippen molar-refractivity contribution in [1.82, 2.24) is 29.5 Å². The Labute approximate surface area is 155 Å². The number of nitrogens with zero attached hydrogens (tertiary/aromatic N) is 6. The van der Waals surface area contributed by atoms with E-state index >= 15 is 0 Å². The molecule has 1 saturated carbocycles. The van der Waals surface area contributed by atoms with Crippen LogP contribution in [0.3, 0.4) is 0 Å². The molecule has 1 aliphatic carbocycles. The Kier molecular flexibility index (Phi) is 5.02. The van der Waals surface area contributed by atoms with Gasteiger partial charge >= 0.3 is 0 Å². The third-order valence-corrected chi connectivity index (χ3v) is 5.86. The summed E-state index contributed by atoms with van der Waals surface area (Å²) in [7, 11) is 2.09. The van der Waals surface area contributed by atoms with Gasteiger partial charge < -0.3 is 10.3 Å². The second-order valence-corrected chi connectivity index (χ2v) is 7.78. The number of pyridine rings is 1. The number of hydrogen-bond acceptors (Lipinski definition) is 6. The maximum absolute atomic E-state index is 5.92. The van der Waals surface area contributed by atoms with Crippen molar-refractivity contribution in [2.45, 2.75) is 44.8 Å². The number of aryl methyl sites for hydroxylation is 1. The lowest BCUT2D eigenvalue weighted by Crippen LogP contribution is -2.45. The molecule has 140 valence electrons. The Bertz CT molecular complexity index is 742. The first-order valence-corrected chi connectivity index (χ1v) is 9.59. The Morgan fingerprint density at radius 3 is 2.42 bits per heavy atom. The van der Waals surface area contributed by atoms with Crippen LogP contribution in [0, 0.1) is 6.92 Å². The molecule has 0 radical (unpaired) electrons. The van der Waals surface area contributed by atoms with Gasteiger partial charge in [0, 0.05) is 57.9 Å². The number of rotatable bonds is 5. The molecular weight excluding hydrogens is 326 g/mol. The first kappa shape index (κ1) is 17.6. The fourth-order valence-corrected chi connectivity index (χ4v) is 3.94. The minimum atomic E-state index is 0.343. The highest BCUT2D eigenvalue weighted by Crippen LogP contribution is 2.34. The molecule has 2 fully saturated rings. The summed E-state index contributed by atoms with van der Waals surface area (Å²) in [6.07, 6.45) is 3.97. The molecule has 2 aromatic heterocycles. The Hall–Kier alpha value is -1.83. The van der Waals surface area contributed by atoms with Crippen LogP contribution in [0.15, 0.2) is 18.3 Å². The van der Waals surface area contributed by atoms with E-state index in [0.717, 1.165) is 63.8 Å². The van der Waals surface area contributed by atoms with E-state index in [2.05, 4.69) is 49.6 Å². The van der Waals surface area contributed by atoms with Crippen LogP contribution in [0.25, 0.3) is 0 Å². The third-order valence-electron chi connectivity index (χ3n) is 5.86. The average Bonchev–Trinajstić information content (AvgIpc) is 2.96. The van der Waals surface area contributed by atoms with Gasteiger partial charge in [-0.3, -0.25) is 14.8 Å². The van der Waals surface area contributed by atoms with Crippen LogP contribution in [0.4, 0.5) is 0 Å². The first-order chi connectivity index (χ1) is 12.6. The molecule has 0 unspecified atom stereocenters. The van der Waals surface area contributed by atoms with Crippen LogP contribution < -0.4 is 5.73 Å². The molecule has 0 bridgehead atoms. The Morgan fingerprint density at radius 2 is 1.77 bits per heavy atom. The van der Waals surface area contributed by atoms with E-state index in [4.69, 9.17) is 5.73 Å². The van der Waals surface area contributed by atoms with E-state index < -0.39 is 0 Å². The van der Waals surface area contributed by atoms with E-state index in [-0.39, 0.29) is 0 Å². The maximum atomic E-state index is 5.92. The Morgan fingerprint density at radius 1 is 1.08 bits per heavy atom. The molecule has 2 N–H and O–H groups in total. The smallest absolute Gasteiger partial charge is 0.146 e. The van der Waals surface area contributed by atoms with Gasteiger partial charge in [-0.1, -0.05) is 6.07 Å². The van der Waals surface area contributed by atoms with Crippen molar-refractivity contribution in [3.8, 4) is 0 Å². The normalized spacial score (nSPS) is 24.6. The topological polar surface area (TPSA) is 76.1 Å². The first-order valence-electron chi connectivity index (χ1n) is 9.59. The molecule has 7 heteroatoms. The molecule has 2 aliphatic rings. The van der Waals surface area contributed by atoms with Gasteiger partial charge in [-0.05, 0) is 31.4 Å². The highest BCUT2D eigenvalue weighted by molar-refractivity contribution is 5.17. The van der Waals surface area contributed by atoms with Crippen LogP contribution in [-0.2, 0) is 20.1 Å². The number of hydrogen-bond donors (Lipinski definition) is 1. The lowest BCUT2D eigenvalue weighted by atomic mass is 9.80. The lowest BCUT2D eigenvalue weighted by molar-refractivity contribution is 0.118. The summed E-state index contributed by atoms with van der Waals surface area (Å²) in [5.41, 5.74) is 8.38. The quantitative estimate of drug-likeness (QED) is 0.864. The minimum Gasteiger partial charge on any atom is -0.328 e. The summed E-state index contributed by atoms with van der Waals surface area (Å²) in [5.74, 6) is 2.66. The predicted molar refractivity (Wildman–Crippen MR) is 100 cm³/mol. The van der Waals surface area contributed by atoms with Gasteiger partial charge in [0.1, 0.15) is 11.6 Å². The van der Waals surface area contributed by atoms with E-state index in [9.17, 15) is 0 Å². The van der Waals surface area contributed by atoms with Crippen molar-refractivity contribution in [3.05, 3.63) is 41.2 Å². The third kappa shape index (κ3) is 3.65. The summed E-state index contributed by atoms with van der Waals surface area (Å²) >= 11 is 0. The molecule has 0 atom stereocenters. The fraction of sp³-hybridized carbons (Fsp3) is 0.632. The van der Waals surface area contributed by atoms with Crippen LogP contribution in [0.5, 0.6) is 0 Å². The van der Waals surface area contributed by atoms with Crippen LogP contribution in [0.1, 0.15) is 41.7 Å². The number of nitrogens with two attached hydrogens (primary N) is 1. The molecule has 3 heterocycles. The van der Waals surface area contributed by atoms with Gasteiger partial charge in [0.05, 0.1) is 12.2 Å². The van der Waals surface area contributed by atoms with Gasteiger partial charge in [-0.25, -0.2) is 0 Å². The van der Waals surface area contributed by atoms with E-state index in [0.29, 0.717) is 12.0 Å². The van der Waals surface area contributed by atoms with Crippen molar-refractivity contribution in [2.75, 3.05) is 26.2 Å². The molecule has 1 aliphatic heterocycles. The van der Waals surface area contributed by atoms with Crippen LogP contribution in [0.2, 0.25) is 0 Å². The SMILES string of the molecule is Cc1cccnc1CN1CCN(Cc2nnc(C3CC(N)C3)n2C)CC1. The summed E-state index contributed by atoms with van der Waals surface area (Å²) < 4.78 is 2.18. The molecule has 0 aromatic carbocycles. The van der Waals surface area contributed by atoms with Crippen molar-refractivity contribution in [1.29, 1.82) is 0 Å². The van der Waals surface area contributed by atoms with Crippen LogP contribution >= 0.6 is 0 Å². The van der Waals surface area contributed by atoms with E-state index in [1.807, 2.05) is 12.3 Å². The second kappa shape index (κ2) is 7.42. The number of piperazine rings is 1. The molecule has 0 amide bonds. The van der Waals surface area contributed by atoms with Gasteiger partial charge in [-0.15, -0.1) is 10.2 Å². The average molecular weight is 355 g/mol.